The minimum absolute atomic E-state index is 0.133. The fourth-order valence-electron chi connectivity index (χ4n) is 10.8. The van der Waals surface area contributed by atoms with Crippen molar-refractivity contribution in [3.63, 3.8) is 0 Å². The lowest BCUT2D eigenvalue weighted by molar-refractivity contribution is 0.590. The van der Waals surface area contributed by atoms with Gasteiger partial charge in [0.1, 0.15) is 5.58 Å². The zero-order chi connectivity index (χ0) is 39.6. The summed E-state index contributed by atoms with van der Waals surface area (Å²) in [6.45, 7) is 6.90. The SMILES string of the molecule is CC(C)(C)c1cc2c3c(c1)N1c4c(cccc4-n4c5ccccc5c5cccc1c54)B3c1oc3ccc(-c4ccccc4)cc3c1N2c1cccc2c1sc1ccccc12. The van der Waals surface area contributed by atoms with E-state index in [1.165, 1.54) is 104 Å². The normalized spacial score (nSPS) is 13.8. The molecule has 14 rings (SSSR count). The number of hydrogen-bond donors (Lipinski definition) is 0. The standard InChI is InChI=1S/C54H36BN3OS/c1-54(2,3)33-29-44-48-45(30-33)58(43-24-12-19-37-35-17-8-10-25-47(35)60-52(37)43)50-38-28-32(31-14-5-4-6-15-31)26-27-46(38)59-53(50)55(48)39-20-13-23-42-51(39)57(44)41-22-11-18-36-34-16-7-9-21-40(34)56(42)49(36)41/h4-30H,1-3H3. The molecular formula is C54H36BN3OS. The zero-order valence-electron chi connectivity index (χ0n) is 33.3. The Bertz CT molecular complexity index is 3680. The van der Waals surface area contributed by atoms with E-state index in [4.69, 9.17) is 4.42 Å². The van der Waals surface area contributed by atoms with Gasteiger partial charge in [0.25, 0.3) is 6.71 Å². The number of hydrogen-bond acceptors (Lipinski definition) is 4. The first-order valence-corrected chi connectivity index (χ1v) is 21.7. The monoisotopic (exact) mass is 785 g/mol. The van der Waals surface area contributed by atoms with E-state index in [1.807, 2.05) is 11.3 Å². The molecule has 0 atom stereocenters. The van der Waals surface area contributed by atoms with Crippen molar-refractivity contribution >= 4 is 122 Å². The average molecular weight is 786 g/mol. The quantitative estimate of drug-likeness (QED) is 0.163. The summed E-state index contributed by atoms with van der Waals surface area (Å²) in [7, 11) is 0. The first-order chi connectivity index (χ1) is 29.4. The van der Waals surface area contributed by atoms with Gasteiger partial charge < -0.3 is 18.8 Å². The molecule has 282 valence electrons. The second kappa shape index (κ2) is 11.4. The van der Waals surface area contributed by atoms with E-state index in [0.29, 0.717) is 0 Å². The first-order valence-electron chi connectivity index (χ1n) is 20.9. The van der Waals surface area contributed by atoms with Crippen molar-refractivity contribution in [2.45, 2.75) is 26.2 Å². The van der Waals surface area contributed by atoms with Crippen LogP contribution in [0.2, 0.25) is 0 Å². The smallest absolute Gasteiger partial charge is 0.297 e. The van der Waals surface area contributed by atoms with Gasteiger partial charge in [-0.1, -0.05) is 130 Å². The molecule has 0 bridgehead atoms. The maximum Gasteiger partial charge on any atom is 0.297 e. The van der Waals surface area contributed by atoms with Gasteiger partial charge in [0.05, 0.1) is 49.8 Å². The van der Waals surface area contributed by atoms with Crippen molar-refractivity contribution in [1.82, 2.24) is 4.57 Å². The van der Waals surface area contributed by atoms with Crippen LogP contribution in [0.25, 0.3) is 69.8 Å². The Hall–Kier alpha value is -7.02. The number of fused-ring (bicyclic) bond motifs is 14. The fourth-order valence-corrected chi connectivity index (χ4v) is 12.0. The van der Waals surface area contributed by atoms with Crippen LogP contribution in [0, 0.1) is 0 Å². The van der Waals surface area contributed by atoms with Crippen molar-refractivity contribution in [1.29, 1.82) is 0 Å². The molecule has 0 fully saturated rings. The summed E-state index contributed by atoms with van der Waals surface area (Å²) in [5.74, 6) is 0. The highest BCUT2D eigenvalue weighted by molar-refractivity contribution is 7.26. The van der Waals surface area contributed by atoms with Gasteiger partial charge >= 0.3 is 0 Å². The van der Waals surface area contributed by atoms with Crippen LogP contribution in [0.5, 0.6) is 0 Å². The van der Waals surface area contributed by atoms with Crippen molar-refractivity contribution in [2.75, 3.05) is 9.80 Å². The molecule has 6 heteroatoms. The number of aromatic nitrogens is 1. The Balaban J connectivity index is 1.16. The fraction of sp³-hybridized carbons (Fsp3) is 0.0741. The van der Waals surface area contributed by atoms with Crippen molar-refractivity contribution in [3.05, 3.63) is 169 Å². The second-order valence-corrected chi connectivity index (χ2v) is 18.7. The lowest BCUT2D eigenvalue weighted by Crippen LogP contribution is -2.61. The largest absolute Gasteiger partial charge is 0.468 e. The molecule has 0 amide bonds. The van der Waals surface area contributed by atoms with Crippen LogP contribution in [-0.2, 0) is 5.41 Å². The van der Waals surface area contributed by atoms with Crippen molar-refractivity contribution in [2.24, 2.45) is 0 Å². The van der Waals surface area contributed by atoms with E-state index in [0.717, 1.165) is 22.3 Å². The number of anilines is 6. The molecule has 8 aromatic carbocycles. The van der Waals surface area contributed by atoms with Gasteiger partial charge in [-0.25, -0.2) is 0 Å². The molecular weight excluding hydrogens is 749 g/mol. The molecule has 4 nitrogen and oxygen atoms in total. The number of rotatable bonds is 2. The molecule has 3 aliphatic heterocycles. The van der Waals surface area contributed by atoms with Crippen LogP contribution in [0.15, 0.2) is 168 Å². The van der Waals surface area contributed by atoms with Crippen LogP contribution in [0.3, 0.4) is 0 Å². The van der Waals surface area contributed by atoms with Gasteiger partial charge in [0.15, 0.2) is 0 Å². The number of benzene rings is 8. The Morgan fingerprint density at radius 1 is 0.517 bits per heavy atom. The van der Waals surface area contributed by atoms with E-state index >= 15 is 0 Å². The summed E-state index contributed by atoms with van der Waals surface area (Å²) in [5.41, 5.74) is 18.8. The third-order valence-electron chi connectivity index (χ3n) is 13.4. The molecule has 0 aliphatic carbocycles. The molecule has 3 aliphatic rings. The topological polar surface area (TPSA) is 24.6 Å². The maximum absolute atomic E-state index is 7.35. The molecule has 0 saturated carbocycles. The molecule has 0 unspecified atom stereocenters. The zero-order valence-corrected chi connectivity index (χ0v) is 34.1. The number of furan rings is 1. The van der Waals surface area contributed by atoms with E-state index in [-0.39, 0.29) is 12.1 Å². The van der Waals surface area contributed by atoms with E-state index in [2.05, 4.69) is 199 Å². The summed E-state index contributed by atoms with van der Waals surface area (Å²) in [6.07, 6.45) is 0. The molecule has 60 heavy (non-hydrogen) atoms. The lowest BCUT2D eigenvalue weighted by Gasteiger charge is -2.45. The Morgan fingerprint density at radius 3 is 2.03 bits per heavy atom. The molecule has 3 aromatic heterocycles. The van der Waals surface area contributed by atoms with Gasteiger partial charge in [-0.3, -0.25) is 0 Å². The third-order valence-corrected chi connectivity index (χ3v) is 14.6. The maximum atomic E-state index is 7.35. The summed E-state index contributed by atoms with van der Waals surface area (Å²) in [4.78, 5) is 5.17. The van der Waals surface area contributed by atoms with E-state index < -0.39 is 0 Å². The summed E-state index contributed by atoms with van der Waals surface area (Å²) in [6, 6.07) is 60.8. The van der Waals surface area contributed by atoms with Gasteiger partial charge in [0.2, 0.25) is 0 Å². The first kappa shape index (κ1) is 32.9. The lowest BCUT2D eigenvalue weighted by atomic mass is 9.35. The molecule has 0 spiro atoms. The van der Waals surface area contributed by atoms with Gasteiger partial charge in [0, 0.05) is 43.0 Å². The highest BCUT2D eigenvalue weighted by Crippen LogP contribution is 2.55. The molecule has 11 aromatic rings. The van der Waals surface area contributed by atoms with Gasteiger partial charge in [-0.2, -0.15) is 0 Å². The Kier molecular flexibility index (Phi) is 6.24. The highest BCUT2D eigenvalue weighted by Gasteiger charge is 2.49. The van der Waals surface area contributed by atoms with E-state index in [9.17, 15) is 0 Å². The minimum atomic E-state index is -0.141. The van der Waals surface area contributed by atoms with Crippen LogP contribution >= 0.6 is 11.3 Å². The van der Waals surface area contributed by atoms with Crippen LogP contribution < -0.4 is 26.4 Å². The molecule has 6 heterocycles. The summed E-state index contributed by atoms with van der Waals surface area (Å²) < 4.78 is 12.4. The van der Waals surface area contributed by atoms with E-state index in [1.54, 1.807) is 0 Å². The number of para-hydroxylation sites is 3. The minimum Gasteiger partial charge on any atom is -0.468 e. The van der Waals surface area contributed by atoms with Gasteiger partial charge in [-0.15, -0.1) is 11.3 Å². The van der Waals surface area contributed by atoms with Crippen LogP contribution in [0.4, 0.5) is 34.1 Å². The molecule has 0 saturated heterocycles. The summed E-state index contributed by atoms with van der Waals surface area (Å²) >= 11 is 1.88. The van der Waals surface area contributed by atoms with Crippen molar-refractivity contribution in [3.8, 4) is 16.8 Å². The number of nitrogens with zero attached hydrogens (tertiary/aromatic N) is 3. The highest BCUT2D eigenvalue weighted by atomic mass is 32.1. The predicted octanol–water partition coefficient (Wildman–Crippen LogP) is 13.3. The summed E-state index contributed by atoms with van der Waals surface area (Å²) in [5, 5.41) is 6.23. The average Bonchev–Trinajstić information content (AvgIpc) is 3.96. The molecule has 0 radical (unpaired) electrons. The second-order valence-electron chi connectivity index (χ2n) is 17.7. The Morgan fingerprint density at radius 2 is 1.20 bits per heavy atom. The van der Waals surface area contributed by atoms with Crippen molar-refractivity contribution < 1.29 is 4.42 Å². The van der Waals surface area contributed by atoms with Crippen LogP contribution in [0.1, 0.15) is 26.3 Å². The predicted molar refractivity (Wildman–Crippen MR) is 255 cm³/mol. The Labute approximate surface area is 351 Å². The molecule has 0 N–H and O–H groups in total. The van der Waals surface area contributed by atoms with Gasteiger partial charge in [-0.05, 0) is 87.6 Å². The third kappa shape index (κ3) is 4.11. The van der Waals surface area contributed by atoms with Crippen LogP contribution in [-0.4, -0.2) is 11.3 Å². The number of thiophene rings is 1.